The van der Waals surface area contributed by atoms with Crippen molar-refractivity contribution < 1.29 is 27.4 Å². The molecule has 1 aliphatic rings. The number of carbonyl (C=O) groups excluding carboxylic acids is 1. The van der Waals surface area contributed by atoms with Crippen LogP contribution in [0.5, 0.6) is 5.75 Å². The van der Waals surface area contributed by atoms with Crippen molar-refractivity contribution in [2.24, 2.45) is 0 Å². The highest BCUT2D eigenvalue weighted by atomic mass is 32.1. The third-order valence-electron chi connectivity index (χ3n) is 5.86. The van der Waals surface area contributed by atoms with Gasteiger partial charge < -0.3 is 25.4 Å². The smallest absolute Gasteiger partial charge is 0.256 e. The molecule has 1 aromatic heterocycles. The van der Waals surface area contributed by atoms with Gasteiger partial charge in [-0.05, 0) is 39.0 Å². The number of halogens is 3. The third-order valence-corrected chi connectivity index (χ3v) is 6.17. The molecule has 0 aliphatic carbocycles. The van der Waals surface area contributed by atoms with Gasteiger partial charge >= 0.3 is 0 Å². The molecular formula is C26H31F3N4O3S. The molecule has 1 atom stereocenters. The van der Waals surface area contributed by atoms with E-state index < -0.39 is 30.2 Å². The van der Waals surface area contributed by atoms with Gasteiger partial charge in [-0.1, -0.05) is 18.3 Å². The number of methoxy groups -OCH3 is 1. The molecular weight excluding hydrogens is 505 g/mol. The van der Waals surface area contributed by atoms with Crippen molar-refractivity contribution in [1.82, 2.24) is 15.6 Å². The Morgan fingerprint density at radius 2 is 2.08 bits per heavy atom. The number of ether oxygens (including phenoxy) is 2. The van der Waals surface area contributed by atoms with Crippen molar-refractivity contribution in [1.29, 1.82) is 0 Å². The maximum absolute atomic E-state index is 14.3. The van der Waals surface area contributed by atoms with Crippen molar-refractivity contribution in [3.05, 3.63) is 64.9 Å². The van der Waals surface area contributed by atoms with Gasteiger partial charge in [0.2, 0.25) is 6.43 Å². The Balaban J connectivity index is 1.84. The first kappa shape index (κ1) is 28.4. The molecule has 11 heteroatoms. The van der Waals surface area contributed by atoms with Gasteiger partial charge in [0.05, 0.1) is 17.4 Å². The van der Waals surface area contributed by atoms with Crippen LogP contribution in [0.2, 0.25) is 0 Å². The molecule has 1 aliphatic heterocycles. The largest absolute Gasteiger partial charge is 0.489 e. The Kier molecular flexibility index (Phi) is 9.50. The number of hydrogen-bond acceptors (Lipinski definition) is 6. The lowest BCUT2D eigenvalue weighted by Gasteiger charge is -2.28. The van der Waals surface area contributed by atoms with Crippen LogP contribution in [0.25, 0.3) is 0 Å². The standard InChI is InChI=1S/C26H31F3N4O3S/c1-15-10-20(31-12-16-8-9-30-13-21(16)36-14-26(2,3)35-4)23(24(34)32-15)25(37)33-19-7-5-6-18(27)17(19)11-22(28)29/h5-9,13,15,22,31H,10-12,14H2,1-4H3,(H,32,34)(H,33,37). The Bertz CT molecular complexity index is 1170. The molecule has 0 bridgehead atoms. The van der Waals surface area contributed by atoms with Gasteiger partial charge in [0, 0.05) is 61.2 Å². The van der Waals surface area contributed by atoms with Crippen molar-refractivity contribution in [3.63, 3.8) is 0 Å². The predicted octanol–water partition coefficient (Wildman–Crippen LogP) is 4.52. The zero-order chi connectivity index (χ0) is 27.2. The van der Waals surface area contributed by atoms with E-state index in [9.17, 15) is 18.0 Å². The average molecular weight is 537 g/mol. The minimum Gasteiger partial charge on any atom is -0.489 e. The predicted molar refractivity (Wildman–Crippen MR) is 139 cm³/mol. The van der Waals surface area contributed by atoms with Crippen molar-refractivity contribution in [2.75, 3.05) is 19.0 Å². The minimum atomic E-state index is -2.74. The molecule has 2 heterocycles. The van der Waals surface area contributed by atoms with Crippen LogP contribution in [0.3, 0.4) is 0 Å². The van der Waals surface area contributed by atoms with Crippen molar-refractivity contribution in [2.45, 2.75) is 58.2 Å². The van der Waals surface area contributed by atoms with E-state index in [4.69, 9.17) is 21.7 Å². The molecule has 0 radical (unpaired) electrons. The maximum atomic E-state index is 14.3. The number of hydrogen-bond donors (Lipinski definition) is 3. The van der Waals surface area contributed by atoms with Crippen LogP contribution in [0.1, 0.15) is 38.3 Å². The molecule has 3 rings (SSSR count). The van der Waals surface area contributed by atoms with Crippen LogP contribution in [0, 0.1) is 5.82 Å². The fourth-order valence-electron chi connectivity index (χ4n) is 3.71. The molecule has 0 spiro atoms. The SMILES string of the molecule is COC(C)(C)COc1cnccc1CNC1=C(C(=S)Nc2cccc(F)c2CC(F)F)C(=O)NC(C)C1. The zero-order valence-corrected chi connectivity index (χ0v) is 22.0. The molecule has 0 saturated carbocycles. The molecule has 7 nitrogen and oxygen atoms in total. The Morgan fingerprint density at radius 1 is 1.32 bits per heavy atom. The number of anilines is 1. The molecule has 1 unspecified atom stereocenters. The summed E-state index contributed by atoms with van der Waals surface area (Å²) in [5.41, 5.74) is 0.935. The first-order chi connectivity index (χ1) is 17.5. The van der Waals surface area contributed by atoms with E-state index in [1.165, 1.54) is 12.1 Å². The fourth-order valence-corrected chi connectivity index (χ4v) is 4.04. The number of aromatic nitrogens is 1. The summed E-state index contributed by atoms with van der Waals surface area (Å²) in [5, 5.41) is 8.92. The number of thiocarbonyl (C=S) groups is 1. The number of carbonyl (C=O) groups is 1. The topological polar surface area (TPSA) is 84.5 Å². The summed E-state index contributed by atoms with van der Waals surface area (Å²) in [6.45, 7) is 6.27. The Labute approximate surface area is 219 Å². The zero-order valence-electron chi connectivity index (χ0n) is 21.2. The highest BCUT2D eigenvalue weighted by Gasteiger charge is 2.28. The van der Waals surface area contributed by atoms with Crippen molar-refractivity contribution >= 4 is 28.8 Å². The Morgan fingerprint density at radius 3 is 2.78 bits per heavy atom. The molecule has 3 N–H and O–H groups in total. The molecule has 0 fully saturated rings. The van der Waals surface area contributed by atoms with Crippen LogP contribution in [0.15, 0.2) is 47.9 Å². The van der Waals surface area contributed by atoms with Crippen LogP contribution in [-0.4, -0.2) is 47.7 Å². The minimum absolute atomic E-state index is 0.000984. The normalized spacial score (nSPS) is 16.0. The van der Waals surface area contributed by atoms with Gasteiger partial charge in [-0.15, -0.1) is 0 Å². The quantitative estimate of drug-likeness (QED) is 0.364. The lowest BCUT2D eigenvalue weighted by molar-refractivity contribution is -0.118. The number of benzene rings is 1. The number of amides is 1. The second-order valence-electron chi connectivity index (χ2n) is 9.34. The first-order valence-corrected chi connectivity index (χ1v) is 12.2. The highest BCUT2D eigenvalue weighted by molar-refractivity contribution is 7.81. The molecule has 200 valence electrons. The van der Waals surface area contributed by atoms with E-state index in [2.05, 4.69) is 20.9 Å². The molecule has 2 aromatic rings. The molecule has 0 saturated heterocycles. The van der Waals surface area contributed by atoms with Gasteiger partial charge in [-0.2, -0.15) is 0 Å². The lowest BCUT2D eigenvalue weighted by Crippen LogP contribution is -2.44. The monoisotopic (exact) mass is 536 g/mol. The van der Waals surface area contributed by atoms with Crippen LogP contribution < -0.4 is 20.7 Å². The van der Waals surface area contributed by atoms with E-state index in [0.29, 0.717) is 31.0 Å². The van der Waals surface area contributed by atoms with Gasteiger partial charge in [-0.25, -0.2) is 13.2 Å². The van der Waals surface area contributed by atoms with Gasteiger partial charge in [-0.3, -0.25) is 9.78 Å². The van der Waals surface area contributed by atoms with E-state index in [-0.39, 0.29) is 27.9 Å². The maximum Gasteiger partial charge on any atom is 0.256 e. The highest BCUT2D eigenvalue weighted by Crippen LogP contribution is 2.26. The van der Waals surface area contributed by atoms with Crippen LogP contribution >= 0.6 is 12.2 Å². The fraction of sp³-hybridized carbons (Fsp3) is 0.423. The second kappa shape index (κ2) is 12.4. The van der Waals surface area contributed by atoms with E-state index in [0.717, 1.165) is 11.6 Å². The van der Waals surface area contributed by atoms with E-state index >= 15 is 0 Å². The molecule has 1 aromatic carbocycles. The number of nitrogens with one attached hydrogen (secondary N) is 3. The summed E-state index contributed by atoms with van der Waals surface area (Å²) >= 11 is 5.49. The van der Waals surface area contributed by atoms with Gasteiger partial charge in [0.15, 0.2) is 0 Å². The van der Waals surface area contributed by atoms with Crippen LogP contribution in [0.4, 0.5) is 18.9 Å². The third kappa shape index (κ3) is 7.65. The summed E-state index contributed by atoms with van der Waals surface area (Å²) in [6.07, 6.45) is 0.170. The Hall–Kier alpha value is -3.18. The summed E-state index contributed by atoms with van der Waals surface area (Å²) in [6, 6.07) is 5.58. The summed E-state index contributed by atoms with van der Waals surface area (Å²) in [5.74, 6) is -0.629. The van der Waals surface area contributed by atoms with Gasteiger partial charge in [0.1, 0.15) is 23.2 Å². The average Bonchev–Trinajstić information content (AvgIpc) is 2.83. The molecule has 37 heavy (non-hydrogen) atoms. The number of alkyl halides is 2. The second-order valence-corrected chi connectivity index (χ2v) is 9.75. The van der Waals surface area contributed by atoms with Crippen LogP contribution in [-0.2, 0) is 22.5 Å². The number of rotatable bonds is 11. The van der Waals surface area contributed by atoms with Gasteiger partial charge in [0.25, 0.3) is 5.91 Å². The summed E-state index contributed by atoms with van der Waals surface area (Å²) in [7, 11) is 1.61. The first-order valence-electron chi connectivity index (χ1n) is 11.8. The van der Waals surface area contributed by atoms with E-state index in [1.54, 1.807) is 25.6 Å². The lowest BCUT2D eigenvalue weighted by atomic mass is 10.0. The van der Waals surface area contributed by atoms with E-state index in [1.807, 2.05) is 20.8 Å². The van der Waals surface area contributed by atoms with Crippen molar-refractivity contribution in [3.8, 4) is 5.75 Å². The summed E-state index contributed by atoms with van der Waals surface area (Å²) < 4.78 is 51.7. The number of pyridine rings is 1. The number of nitrogens with zero attached hydrogens (tertiary/aromatic N) is 1. The summed E-state index contributed by atoms with van der Waals surface area (Å²) in [4.78, 5) is 17.1. The molecule has 1 amide bonds.